The lowest BCUT2D eigenvalue weighted by atomic mass is 9.64. The largest absolute Gasteiger partial charge is 0.493 e. The second kappa shape index (κ2) is 6.17. The average Bonchev–Trinajstić information content (AvgIpc) is 2.51. The molecule has 3 nitrogen and oxygen atoms in total. The zero-order chi connectivity index (χ0) is 14.8. The molecule has 0 aromatic heterocycles. The molecule has 2 fully saturated rings. The van der Waals surface area contributed by atoms with Crippen LogP contribution in [0.4, 0.5) is 0 Å². The van der Waals surface area contributed by atoms with Gasteiger partial charge in [0, 0.05) is 11.6 Å². The normalized spacial score (nSPS) is 33.1. The molecule has 3 heteroatoms. The SMILES string of the molecule is COC1=CC(=O)C=C(CC2CCCC3CCCCC32)C1=O. The zero-order valence-electron chi connectivity index (χ0n) is 12.8. The van der Waals surface area contributed by atoms with Gasteiger partial charge in [-0.1, -0.05) is 32.1 Å². The van der Waals surface area contributed by atoms with Gasteiger partial charge in [0.2, 0.25) is 5.78 Å². The molecule has 0 aromatic rings. The number of ether oxygens (including phenoxy) is 1. The quantitative estimate of drug-likeness (QED) is 0.745. The van der Waals surface area contributed by atoms with E-state index in [4.69, 9.17) is 4.74 Å². The molecule has 0 aliphatic heterocycles. The number of carbonyl (C=O) groups excluding carboxylic acids is 2. The predicted molar refractivity (Wildman–Crippen MR) is 80.6 cm³/mol. The van der Waals surface area contributed by atoms with Crippen molar-refractivity contribution in [3.05, 3.63) is 23.5 Å². The van der Waals surface area contributed by atoms with Crippen LogP contribution in [0.2, 0.25) is 0 Å². The van der Waals surface area contributed by atoms with E-state index in [2.05, 4.69) is 0 Å². The average molecular weight is 288 g/mol. The smallest absolute Gasteiger partial charge is 0.223 e. The van der Waals surface area contributed by atoms with Crippen LogP contribution in [-0.2, 0) is 14.3 Å². The van der Waals surface area contributed by atoms with Gasteiger partial charge in [-0.15, -0.1) is 0 Å². The Morgan fingerprint density at radius 1 is 1.05 bits per heavy atom. The molecule has 0 amide bonds. The Kier molecular flexibility index (Phi) is 4.27. The molecule has 3 aliphatic rings. The van der Waals surface area contributed by atoms with Gasteiger partial charge in [0.05, 0.1) is 7.11 Å². The number of Topliss-reactive ketones (excluding diaryl/α,β-unsaturated/α-hetero) is 1. The molecule has 3 unspecified atom stereocenters. The summed E-state index contributed by atoms with van der Waals surface area (Å²) in [7, 11) is 1.46. The Labute approximate surface area is 126 Å². The first-order chi connectivity index (χ1) is 10.2. The summed E-state index contributed by atoms with van der Waals surface area (Å²) in [5.74, 6) is 2.18. The van der Waals surface area contributed by atoms with Crippen molar-refractivity contribution in [1.82, 2.24) is 0 Å². The fourth-order valence-electron chi connectivity index (χ4n) is 4.54. The minimum absolute atomic E-state index is 0.0879. The number of carbonyl (C=O) groups is 2. The van der Waals surface area contributed by atoms with E-state index in [1.807, 2.05) is 0 Å². The Hall–Kier alpha value is -1.38. The zero-order valence-corrected chi connectivity index (χ0v) is 12.8. The maximum absolute atomic E-state index is 12.3. The Bertz CT molecular complexity index is 499. The van der Waals surface area contributed by atoms with Crippen LogP contribution in [0.3, 0.4) is 0 Å². The van der Waals surface area contributed by atoms with Gasteiger partial charge in [-0.3, -0.25) is 9.59 Å². The first kappa shape index (κ1) is 14.6. The van der Waals surface area contributed by atoms with Crippen molar-refractivity contribution in [2.24, 2.45) is 17.8 Å². The van der Waals surface area contributed by atoms with E-state index in [-0.39, 0.29) is 17.3 Å². The highest BCUT2D eigenvalue weighted by Gasteiger charge is 2.36. The van der Waals surface area contributed by atoms with Crippen molar-refractivity contribution in [1.29, 1.82) is 0 Å². The lowest BCUT2D eigenvalue weighted by Crippen LogP contribution is -2.32. The monoisotopic (exact) mass is 288 g/mol. The van der Waals surface area contributed by atoms with Crippen molar-refractivity contribution in [3.63, 3.8) is 0 Å². The maximum Gasteiger partial charge on any atom is 0.223 e. The number of hydrogen-bond donors (Lipinski definition) is 0. The molecule has 0 heterocycles. The second-order valence-corrected chi connectivity index (χ2v) is 6.72. The molecule has 3 rings (SSSR count). The molecule has 0 spiro atoms. The number of hydrogen-bond acceptors (Lipinski definition) is 3. The summed E-state index contributed by atoms with van der Waals surface area (Å²) in [4.78, 5) is 24.0. The molecule has 0 aromatic carbocycles. The molecule has 0 bridgehead atoms. The molecule has 21 heavy (non-hydrogen) atoms. The van der Waals surface area contributed by atoms with E-state index in [0.717, 1.165) is 18.3 Å². The predicted octanol–water partition coefficient (Wildman–Crippen LogP) is 3.59. The van der Waals surface area contributed by atoms with Gasteiger partial charge >= 0.3 is 0 Å². The molecule has 3 aliphatic carbocycles. The van der Waals surface area contributed by atoms with E-state index in [0.29, 0.717) is 11.5 Å². The lowest BCUT2D eigenvalue weighted by Gasteiger charge is -2.41. The van der Waals surface area contributed by atoms with Crippen molar-refractivity contribution < 1.29 is 14.3 Å². The molecule has 2 saturated carbocycles. The van der Waals surface area contributed by atoms with Crippen LogP contribution in [0, 0.1) is 17.8 Å². The molecule has 3 atom stereocenters. The van der Waals surface area contributed by atoms with Gasteiger partial charge in [0.15, 0.2) is 11.5 Å². The Morgan fingerprint density at radius 2 is 1.81 bits per heavy atom. The highest BCUT2D eigenvalue weighted by atomic mass is 16.5. The van der Waals surface area contributed by atoms with Crippen LogP contribution in [0.15, 0.2) is 23.5 Å². The summed E-state index contributed by atoms with van der Waals surface area (Å²) in [6, 6.07) is 0. The highest BCUT2D eigenvalue weighted by Crippen LogP contribution is 2.46. The summed E-state index contributed by atoms with van der Waals surface area (Å²) in [6.07, 6.45) is 12.8. The number of rotatable bonds is 3. The fourth-order valence-corrected chi connectivity index (χ4v) is 4.54. The summed E-state index contributed by atoms with van der Waals surface area (Å²) in [6.45, 7) is 0. The maximum atomic E-state index is 12.3. The third-order valence-electron chi connectivity index (χ3n) is 5.53. The van der Waals surface area contributed by atoms with Gasteiger partial charge in [-0.2, -0.15) is 0 Å². The first-order valence-electron chi connectivity index (χ1n) is 8.24. The van der Waals surface area contributed by atoms with E-state index in [1.165, 1.54) is 64.2 Å². The first-order valence-corrected chi connectivity index (χ1v) is 8.24. The third kappa shape index (κ3) is 2.97. The lowest BCUT2D eigenvalue weighted by molar-refractivity contribution is -0.118. The van der Waals surface area contributed by atoms with Crippen LogP contribution in [-0.4, -0.2) is 18.7 Å². The summed E-state index contributed by atoms with van der Waals surface area (Å²) in [5, 5.41) is 0. The number of ketones is 2. The molecule has 0 saturated heterocycles. The van der Waals surface area contributed by atoms with E-state index in [1.54, 1.807) is 0 Å². The second-order valence-electron chi connectivity index (χ2n) is 6.72. The Morgan fingerprint density at radius 3 is 2.62 bits per heavy atom. The standard InChI is InChI=1S/C18H24O3/c1-21-17-11-15(19)10-14(18(17)20)9-13-7-4-6-12-5-2-3-8-16(12)13/h10-13,16H,2-9H2,1H3. The minimum Gasteiger partial charge on any atom is -0.493 e. The molecule has 0 radical (unpaired) electrons. The van der Waals surface area contributed by atoms with E-state index >= 15 is 0 Å². The van der Waals surface area contributed by atoms with Crippen LogP contribution in [0.1, 0.15) is 51.4 Å². The molecular weight excluding hydrogens is 264 g/mol. The summed E-state index contributed by atoms with van der Waals surface area (Å²) in [5.41, 5.74) is 0.663. The van der Waals surface area contributed by atoms with E-state index < -0.39 is 0 Å². The number of methoxy groups -OCH3 is 1. The fraction of sp³-hybridized carbons (Fsp3) is 0.667. The third-order valence-corrected chi connectivity index (χ3v) is 5.53. The topological polar surface area (TPSA) is 43.4 Å². The van der Waals surface area contributed by atoms with Gasteiger partial charge < -0.3 is 4.74 Å². The van der Waals surface area contributed by atoms with Crippen LogP contribution in [0.25, 0.3) is 0 Å². The van der Waals surface area contributed by atoms with Gasteiger partial charge in [0.25, 0.3) is 0 Å². The Balaban J connectivity index is 1.73. The van der Waals surface area contributed by atoms with Crippen molar-refractivity contribution in [3.8, 4) is 0 Å². The molecular formula is C18H24O3. The molecule has 114 valence electrons. The number of allylic oxidation sites excluding steroid dienone is 3. The van der Waals surface area contributed by atoms with Crippen molar-refractivity contribution in [2.75, 3.05) is 7.11 Å². The van der Waals surface area contributed by atoms with Crippen LogP contribution in [0.5, 0.6) is 0 Å². The van der Waals surface area contributed by atoms with Gasteiger partial charge in [-0.25, -0.2) is 0 Å². The summed E-state index contributed by atoms with van der Waals surface area (Å²) < 4.78 is 5.05. The van der Waals surface area contributed by atoms with Gasteiger partial charge in [0.1, 0.15) is 0 Å². The van der Waals surface area contributed by atoms with Crippen molar-refractivity contribution >= 4 is 11.6 Å². The number of fused-ring (bicyclic) bond motifs is 1. The van der Waals surface area contributed by atoms with Crippen LogP contribution >= 0.6 is 0 Å². The van der Waals surface area contributed by atoms with Crippen molar-refractivity contribution in [2.45, 2.75) is 51.4 Å². The minimum atomic E-state index is -0.113. The molecule has 0 N–H and O–H groups in total. The van der Waals surface area contributed by atoms with Gasteiger partial charge in [-0.05, 0) is 43.1 Å². The highest BCUT2D eigenvalue weighted by molar-refractivity contribution is 6.19. The van der Waals surface area contributed by atoms with Crippen LogP contribution < -0.4 is 0 Å². The summed E-state index contributed by atoms with van der Waals surface area (Å²) >= 11 is 0. The van der Waals surface area contributed by atoms with E-state index in [9.17, 15) is 9.59 Å².